The molecule has 2 unspecified atom stereocenters. The maximum absolute atomic E-state index is 12.8. The number of likely N-dealkylation sites (N-methyl/N-ethyl adjacent to an activating group) is 1. The summed E-state index contributed by atoms with van der Waals surface area (Å²) >= 11 is 0. The van der Waals surface area contributed by atoms with Gasteiger partial charge in [0.1, 0.15) is 19.8 Å². The molecule has 0 fully saturated rings. The summed E-state index contributed by atoms with van der Waals surface area (Å²) in [6.07, 6.45) is 69.7. The van der Waals surface area contributed by atoms with Gasteiger partial charge in [0.25, 0.3) is 0 Å². The number of rotatable bonds is 54. The molecule has 10 heteroatoms. The van der Waals surface area contributed by atoms with Gasteiger partial charge in [0, 0.05) is 12.8 Å². The molecular formula is C62H113NO8P+. The first-order chi connectivity index (χ1) is 35.0. The molecule has 0 bridgehead atoms. The monoisotopic (exact) mass is 1030 g/mol. The summed E-state index contributed by atoms with van der Waals surface area (Å²) in [4.78, 5) is 35.7. The highest BCUT2D eigenvalue weighted by Gasteiger charge is 2.27. The van der Waals surface area contributed by atoms with Gasteiger partial charge >= 0.3 is 19.8 Å². The standard InChI is InChI=1S/C62H112NO8P/c1-6-8-10-12-14-16-18-20-22-23-24-25-26-27-28-29-30-31-32-33-34-35-36-37-38-39-41-43-45-47-49-51-53-55-62(65)71-60(59-70-72(66,67)69-57-56-63(3,4)5)58-68-61(64)54-52-50-48-46-44-42-40-21-19-17-15-13-11-9-7-2/h8,10,14,16,20,22,24-25,27-28,30-31,60H,6-7,9,11-13,15,17-19,21,23,26,29,32-59H2,1-5H3/p+1/b10-8-,16-14-,22-20-,25-24-,28-27-,31-30-. The first kappa shape index (κ1) is 69.5. The minimum atomic E-state index is -4.38. The van der Waals surface area contributed by atoms with Gasteiger partial charge in [-0.1, -0.05) is 254 Å². The van der Waals surface area contributed by atoms with E-state index in [2.05, 4.69) is 86.8 Å². The molecule has 72 heavy (non-hydrogen) atoms. The van der Waals surface area contributed by atoms with Crippen LogP contribution in [0, 0.1) is 0 Å². The van der Waals surface area contributed by atoms with Gasteiger partial charge in [-0.05, 0) is 64.2 Å². The van der Waals surface area contributed by atoms with Crippen LogP contribution in [0.15, 0.2) is 72.9 Å². The molecule has 0 heterocycles. The third kappa shape index (κ3) is 56.7. The molecule has 0 aliphatic heterocycles. The van der Waals surface area contributed by atoms with Gasteiger partial charge in [-0.15, -0.1) is 0 Å². The van der Waals surface area contributed by atoms with Gasteiger partial charge in [-0.2, -0.15) is 0 Å². The fourth-order valence-electron chi connectivity index (χ4n) is 8.20. The summed E-state index contributed by atoms with van der Waals surface area (Å²) in [6.45, 7) is 4.34. The molecule has 0 amide bonds. The van der Waals surface area contributed by atoms with Gasteiger partial charge in [0.05, 0.1) is 27.7 Å². The lowest BCUT2D eigenvalue weighted by atomic mass is 10.0. The number of esters is 2. The Morgan fingerprint density at radius 3 is 1.18 bits per heavy atom. The molecule has 1 N–H and O–H groups in total. The third-order valence-electron chi connectivity index (χ3n) is 12.8. The summed E-state index contributed by atoms with van der Waals surface area (Å²) in [5, 5.41) is 0. The average Bonchev–Trinajstić information content (AvgIpc) is 3.34. The molecule has 0 aromatic heterocycles. The van der Waals surface area contributed by atoms with E-state index in [0.717, 1.165) is 77.0 Å². The van der Waals surface area contributed by atoms with Crippen LogP contribution in [0.25, 0.3) is 0 Å². The number of hydrogen-bond donors (Lipinski definition) is 1. The molecule has 0 radical (unpaired) electrons. The van der Waals surface area contributed by atoms with Crippen LogP contribution in [0.2, 0.25) is 0 Å². The molecule has 0 rings (SSSR count). The highest BCUT2D eigenvalue weighted by Crippen LogP contribution is 2.43. The summed E-state index contributed by atoms with van der Waals surface area (Å²) in [6, 6.07) is 0. The van der Waals surface area contributed by atoms with Crippen LogP contribution in [0.5, 0.6) is 0 Å². The van der Waals surface area contributed by atoms with E-state index >= 15 is 0 Å². The highest BCUT2D eigenvalue weighted by molar-refractivity contribution is 7.47. The van der Waals surface area contributed by atoms with Crippen LogP contribution in [0.1, 0.15) is 258 Å². The van der Waals surface area contributed by atoms with Gasteiger partial charge in [-0.3, -0.25) is 18.6 Å². The lowest BCUT2D eigenvalue weighted by Gasteiger charge is -2.24. The Kier molecular flexibility index (Phi) is 51.4. The molecule has 9 nitrogen and oxygen atoms in total. The average molecular weight is 1030 g/mol. The van der Waals surface area contributed by atoms with Gasteiger partial charge in [-0.25, -0.2) is 4.57 Å². The van der Waals surface area contributed by atoms with Crippen LogP contribution in [-0.2, 0) is 32.7 Å². The zero-order valence-corrected chi connectivity index (χ0v) is 48.3. The lowest BCUT2D eigenvalue weighted by molar-refractivity contribution is -0.870. The van der Waals surface area contributed by atoms with Crippen LogP contribution >= 0.6 is 7.82 Å². The van der Waals surface area contributed by atoms with E-state index in [4.69, 9.17) is 18.5 Å². The van der Waals surface area contributed by atoms with E-state index in [-0.39, 0.29) is 25.6 Å². The number of carbonyl (C=O) groups is 2. The van der Waals surface area contributed by atoms with Gasteiger partial charge < -0.3 is 18.9 Å². The Morgan fingerprint density at radius 1 is 0.444 bits per heavy atom. The van der Waals surface area contributed by atoms with E-state index in [1.54, 1.807) is 0 Å². The third-order valence-corrected chi connectivity index (χ3v) is 13.7. The molecule has 0 saturated carbocycles. The van der Waals surface area contributed by atoms with E-state index in [1.807, 2.05) is 21.1 Å². The first-order valence-electron chi connectivity index (χ1n) is 29.7. The number of hydrogen-bond acceptors (Lipinski definition) is 7. The van der Waals surface area contributed by atoms with Crippen molar-refractivity contribution in [3.05, 3.63) is 72.9 Å². The SMILES string of the molecule is CC/C=C\C/C=C\C/C=C\C/C=C\C/C=C\C/C=C\CCCCCCCCCCCCCCCCC(=O)OC(COC(=O)CCCCCCCCCCCCCCCCC)COP(=O)(O)OCC[N+](C)(C)C. The second-order valence-electron chi connectivity index (χ2n) is 21.0. The zero-order valence-electron chi connectivity index (χ0n) is 47.4. The molecule has 0 aliphatic carbocycles. The molecule has 0 aromatic rings. The summed E-state index contributed by atoms with van der Waals surface area (Å²) in [5.41, 5.74) is 0. The van der Waals surface area contributed by atoms with Crippen molar-refractivity contribution in [1.29, 1.82) is 0 Å². The number of phosphoric ester groups is 1. The second kappa shape index (κ2) is 53.3. The quantitative estimate of drug-likeness (QED) is 0.0211. The van der Waals surface area contributed by atoms with Crippen LogP contribution in [0.3, 0.4) is 0 Å². The zero-order chi connectivity index (χ0) is 52.7. The molecule has 2 atom stereocenters. The van der Waals surface area contributed by atoms with Gasteiger partial charge in [0.2, 0.25) is 0 Å². The Labute approximate surface area is 444 Å². The number of allylic oxidation sites excluding steroid dienone is 12. The van der Waals surface area contributed by atoms with Crippen molar-refractivity contribution in [2.45, 2.75) is 264 Å². The predicted octanol–water partition coefficient (Wildman–Crippen LogP) is 18.5. The molecule has 0 spiro atoms. The van der Waals surface area contributed by atoms with E-state index < -0.39 is 26.5 Å². The normalized spacial score (nSPS) is 13.8. The Morgan fingerprint density at radius 2 is 0.792 bits per heavy atom. The van der Waals surface area contributed by atoms with Crippen molar-refractivity contribution in [2.75, 3.05) is 47.5 Å². The summed E-state index contributed by atoms with van der Waals surface area (Å²) in [7, 11) is 1.48. The van der Waals surface area contributed by atoms with E-state index in [0.29, 0.717) is 23.9 Å². The van der Waals surface area contributed by atoms with Crippen LogP contribution < -0.4 is 0 Å². The predicted molar refractivity (Wildman–Crippen MR) is 307 cm³/mol. The number of ether oxygens (including phenoxy) is 2. The van der Waals surface area contributed by atoms with Crippen molar-refractivity contribution >= 4 is 19.8 Å². The van der Waals surface area contributed by atoms with Crippen molar-refractivity contribution in [1.82, 2.24) is 0 Å². The fourth-order valence-corrected chi connectivity index (χ4v) is 8.94. The fraction of sp³-hybridized carbons (Fsp3) is 0.774. The van der Waals surface area contributed by atoms with E-state index in [9.17, 15) is 19.0 Å². The van der Waals surface area contributed by atoms with Crippen molar-refractivity contribution in [2.24, 2.45) is 0 Å². The number of phosphoric acid groups is 1. The largest absolute Gasteiger partial charge is 0.472 e. The number of nitrogens with zero attached hydrogens (tertiary/aromatic N) is 1. The van der Waals surface area contributed by atoms with Crippen LogP contribution in [0.4, 0.5) is 0 Å². The van der Waals surface area contributed by atoms with E-state index in [1.165, 1.54) is 148 Å². The minimum Gasteiger partial charge on any atom is -0.462 e. The minimum absolute atomic E-state index is 0.0315. The molecule has 0 aromatic carbocycles. The number of quaternary nitrogens is 1. The smallest absolute Gasteiger partial charge is 0.462 e. The first-order valence-corrected chi connectivity index (χ1v) is 31.2. The Bertz CT molecular complexity index is 1450. The molecular weight excluding hydrogens is 918 g/mol. The Hall–Kier alpha value is -2.55. The van der Waals surface area contributed by atoms with Crippen LogP contribution in [-0.4, -0.2) is 74.9 Å². The van der Waals surface area contributed by atoms with Crippen molar-refractivity contribution in [3.8, 4) is 0 Å². The highest BCUT2D eigenvalue weighted by atomic mass is 31.2. The number of carbonyl (C=O) groups excluding carboxylic acids is 2. The molecule has 0 aliphatic rings. The summed E-state index contributed by atoms with van der Waals surface area (Å²) in [5.74, 6) is -0.790. The summed E-state index contributed by atoms with van der Waals surface area (Å²) < 4.78 is 34.6. The maximum Gasteiger partial charge on any atom is 0.472 e. The number of unbranched alkanes of at least 4 members (excludes halogenated alkanes) is 28. The van der Waals surface area contributed by atoms with Gasteiger partial charge in [0.15, 0.2) is 6.10 Å². The molecule has 0 saturated heterocycles. The topological polar surface area (TPSA) is 108 Å². The van der Waals surface area contributed by atoms with Crippen molar-refractivity contribution in [3.63, 3.8) is 0 Å². The molecule has 418 valence electrons. The Balaban J connectivity index is 4.07. The lowest BCUT2D eigenvalue weighted by Crippen LogP contribution is -2.37. The second-order valence-corrected chi connectivity index (χ2v) is 22.5. The van der Waals surface area contributed by atoms with Crippen molar-refractivity contribution < 1.29 is 42.1 Å². The maximum atomic E-state index is 12.8.